The topological polar surface area (TPSA) is 46.9 Å². The largest absolute Gasteiger partial charge is 0.344 e. The van der Waals surface area contributed by atoms with Crippen LogP contribution < -0.4 is 5.32 Å². The number of halogens is 2. The molecule has 2 aromatic heterocycles. The van der Waals surface area contributed by atoms with Gasteiger partial charge in [-0.3, -0.25) is 4.79 Å². The molecule has 0 saturated heterocycles. The molecule has 0 aliphatic heterocycles. The number of nitrogens with zero attached hydrogens (tertiary/aromatic N) is 2. The molecule has 2 aromatic carbocycles. The quantitative estimate of drug-likeness (QED) is 0.363. The Hall–Kier alpha value is -2.60. The van der Waals surface area contributed by atoms with E-state index in [2.05, 4.69) is 10.4 Å². The number of rotatable bonds is 5. The Balaban J connectivity index is 1.77. The van der Waals surface area contributed by atoms with Crippen molar-refractivity contribution in [3.63, 3.8) is 0 Å². The minimum Gasteiger partial charge on any atom is -0.344 e. The van der Waals surface area contributed by atoms with Gasteiger partial charge in [0.25, 0.3) is 5.91 Å². The predicted molar refractivity (Wildman–Crippen MR) is 124 cm³/mol. The summed E-state index contributed by atoms with van der Waals surface area (Å²) in [5.74, 6) is -0.231. The maximum atomic E-state index is 13.1. The van der Waals surface area contributed by atoms with Crippen LogP contribution in [0.15, 0.2) is 66.0 Å². The van der Waals surface area contributed by atoms with Crippen LogP contribution in [0.3, 0.4) is 0 Å². The molecule has 4 aromatic rings. The van der Waals surface area contributed by atoms with E-state index < -0.39 is 0 Å². The first kappa shape index (κ1) is 20.7. The summed E-state index contributed by atoms with van der Waals surface area (Å²) in [7, 11) is 0. The van der Waals surface area contributed by atoms with Crippen molar-refractivity contribution >= 4 is 40.4 Å². The van der Waals surface area contributed by atoms with Gasteiger partial charge in [0.2, 0.25) is 0 Å². The van der Waals surface area contributed by atoms with Gasteiger partial charge in [-0.25, -0.2) is 4.68 Å². The summed E-state index contributed by atoms with van der Waals surface area (Å²) in [6.45, 7) is 3.86. The summed E-state index contributed by atoms with van der Waals surface area (Å²) in [5, 5.41) is 10.7. The molecular weight excluding hydrogens is 437 g/mol. The van der Waals surface area contributed by atoms with Crippen LogP contribution in [0.1, 0.15) is 34.6 Å². The fourth-order valence-corrected chi connectivity index (χ4v) is 4.63. The zero-order valence-electron chi connectivity index (χ0n) is 16.4. The molecule has 0 unspecified atom stereocenters. The highest BCUT2D eigenvalue weighted by atomic mass is 35.5. The minimum atomic E-state index is -0.231. The fraction of sp³-hybridized carbons (Fsp3) is 0.130. The maximum absolute atomic E-state index is 13.1. The maximum Gasteiger partial charge on any atom is 0.272 e. The monoisotopic (exact) mass is 455 g/mol. The Morgan fingerprint density at radius 1 is 1.10 bits per heavy atom. The number of hydrogen-bond acceptors (Lipinski definition) is 3. The molecule has 152 valence electrons. The van der Waals surface area contributed by atoms with E-state index in [1.165, 1.54) is 0 Å². The van der Waals surface area contributed by atoms with Gasteiger partial charge in [-0.1, -0.05) is 59.6 Å². The molecule has 0 aliphatic rings. The molecular formula is C23H19Cl2N3OS. The highest BCUT2D eigenvalue weighted by Gasteiger charge is 2.24. The summed E-state index contributed by atoms with van der Waals surface area (Å²) in [5.41, 5.74) is 3.70. The van der Waals surface area contributed by atoms with Crippen molar-refractivity contribution in [1.82, 2.24) is 15.1 Å². The molecule has 1 amide bonds. The van der Waals surface area contributed by atoms with E-state index in [0.29, 0.717) is 21.4 Å². The van der Waals surface area contributed by atoms with E-state index in [0.717, 1.165) is 21.7 Å². The Morgan fingerprint density at radius 3 is 2.53 bits per heavy atom. The number of hydrogen-bond donors (Lipinski definition) is 1. The minimum absolute atomic E-state index is 0.146. The lowest BCUT2D eigenvalue weighted by molar-refractivity contribution is 0.0934. The van der Waals surface area contributed by atoms with Gasteiger partial charge in [0.05, 0.1) is 27.3 Å². The van der Waals surface area contributed by atoms with Gasteiger partial charge in [-0.2, -0.15) is 5.10 Å². The van der Waals surface area contributed by atoms with Gasteiger partial charge in [-0.15, -0.1) is 11.3 Å². The lowest BCUT2D eigenvalue weighted by atomic mass is 10.1. The molecule has 4 nitrogen and oxygen atoms in total. The molecule has 1 N–H and O–H groups in total. The third-order valence-corrected chi connectivity index (χ3v) is 6.29. The first-order valence-electron chi connectivity index (χ1n) is 9.40. The molecule has 1 atom stereocenters. The molecule has 7 heteroatoms. The number of amides is 1. The second kappa shape index (κ2) is 8.64. The van der Waals surface area contributed by atoms with Crippen molar-refractivity contribution in [2.24, 2.45) is 0 Å². The summed E-state index contributed by atoms with van der Waals surface area (Å²) in [4.78, 5) is 14.1. The molecule has 2 heterocycles. The molecule has 0 spiro atoms. The van der Waals surface area contributed by atoms with Crippen LogP contribution in [-0.2, 0) is 0 Å². The third-order valence-electron chi connectivity index (χ3n) is 4.88. The van der Waals surface area contributed by atoms with Crippen LogP contribution >= 0.6 is 34.5 Å². The smallest absolute Gasteiger partial charge is 0.272 e. The van der Waals surface area contributed by atoms with Crippen molar-refractivity contribution in [2.75, 3.05) is 0 Å². The van der Waals surface area contributed by atoms with Gasteiger partial charge >= 0.3 is 0 Å². The Labute approximate surface area is 189 Å². The van der Waals surface area contributed by atoms with E-state index >= 15 is 0 Å². The lowest BCUT2D eigenvalue weighted by Gasteiger charge is -2.13. The SMILES string of the molecule is Cc1c(C(=O)N[C@@H](C)c2ccccc2)nn(-c2ccc(Cl)cc2Cl)c1-c1cccs1. The molecule has 0 aliphatic carbocycles. The molecule has 0 saturated carbocycles. The van der Waals surface area contributed by atoms with Crippen molar-refractivity contribution in [3.05, 3.63) is 92.9 Å². The van der Waals surface area contributed by atoms with Gasteiger partial charge in [0.1, 0.15) is 0 Å². The van der Waals surface area contributed by atoms with Crippen LogP contribution in [0, 0.1) is 6.92 Å². The molecule has 0 bridgehead atoms. The number of carbonyl (C=O) groups is 1. The van der Waals surface area contributed by atoms with Crippen molar-refractivity contribution < 1.29 is 4.79 Å². The first-order valence-corrected chi connectivity index (χ1v) is 11.0. The highest BCUT2D eigenvalue weighted by Crippen LogP contribution is 2.34. The number of aromatic nitrogens is 2. The number of carbonyl (C=O) groups excluding carboxylic acids is 1. The first-order chi connectivity index (χ1) is 14.5. The number of benzene rings is 2. The van der Waals surface area contributed by atoms with Gasteiger partial charge in [0.15, 0.2) is 5.69 Å². The molecule has 4 rings (SSSR count). The van der Waals surface area contributed by atoms with Gasteiger partial charge in [0, 0.05) is 10.6 Å². The fourth-order valence-electron chi connectivity index (χ4n) is 3.33. The predicted octanol–water partition coefficient (Wildman–Crippen LogP) is 6.71. The second-order valence-electron chi connectivity index (χ2n) is 6.91. The van der Waals surface area contributed by atoms with E-state index in [-0.39, 0.29) is 11.9 Å². The van der Waals surface area contributed by atoms with Crippen LogP contribution in [0.5, 0.6) is 0 Å². The standard InChI is InChI=1S/C23H19Cl2N3OS/c1-14-21(23(29)26-15(2)16-7-4-3-5-8-16)27-28(22(14)20-9-6-12-30-20)19-11-10-17(24)13-18(19)25/h3-13,15H,1-2H3,(H,26,29)/t15-/m0/s1. The molecule has 0 radical (unpaired) electrons. The normalized spacial score (nSPS) is 12.0. The highest BCUT2D eigenvalue weighted by molar-refractivity contribution is 7.13. The Morgan fingerprint density at radius 2 is 1.87 bits per heavy atom. The summed E-state index contributed by atoms with van der Waals surface area (Å²) in [6, 6.07) is 18.9. The molecule has 30 heavy (non-hydrogen) atoms. The van der Waals surface area contributed by atoms with Crippen LogP contribution in [-0.4, -0.2) is 15.7 Å². The zero-order valence-corrected chi connectivity index (χ0v) is 18.7. The van der Waals surface area contributed by atoms with Crippen molar-refractivity contribution in [1.29, 1.82) is 0 Å². The van der Waals surface area contributed by atoms with E-state index in [1.54, 1.807) is 28.2 Å². The van der Waals surface area contributed by atoms with E-state index in [1.807, 2.05) is 67.8 Å². The number of thiophene rings is 1. The van der Waals surface area contributed by atoms with Crippen LogP contribution in [0.25, 0.3) is 16.3 Å². The average Bonchev–Trinajstić information content (AvgIpc) is 3.36. The summed E-state index contributed by atoms with van der Waals surface area (Å²) in [6.07, 6.45) is 0. The summed E-state index contributed by atoms with van der Waals surface area (Å²) >= 11 is 14.1. The lowest BCUT2D eigenvalue weighted by Crippen LogP contribution is -2.27. The van der Waals surface area contributed by atoms with Gasteiger partial charge < -0.3 is 5.32 Å². The zero-order chi connectivity index (χ0) is 21.3. The van der Waals surface area contributed by atoms with Crippen molar-refractivity contribution in [3.8, 4) is 16.3 Å². The Kier molecular flexibility index (Phi) is 5.95. The van der Waals surface area contributed by atoms with Gasteiger partial charge in [-0.05, 0) is 49.1 Å². The van der Waals surface area contributed by atoms with E-state index in [4.69, 9.17) is 23.2 Å². The van der Waals surface area contributed by atoms with Crippen LogP contribution in [0.2, 0.25) is 10.0 Å². The average molecular weight is 456 g/mol. The van der Waals surface area contributed by atoms with Crippen LogP contribution in [0.4, 0.5) is 0 Å². The summed E-state index contributed by atoms with van der Waals surface area (Å²) < 4.78 is 1.72. The third kappa shape index (κ3) is 4.01. The molecule has 0 fully saturated rings. The van der Waals surface area contributed by atoms with E-state index in [9.17, 15) is 4.79 Å². The Bertz CT molecular complexity index is 1190. The number of nitrogens with one attached hydrogen (secondary N) is 1. The van der Waals surface area contributed by atoms with Crippen molar-refractivity contribution in [2.45, 2.75) is 19.9 Å². The second-order valence-corrected chi connectivity index (χ2v) is 8.70.